The van der Waals surface area contributed by atoms with Gasteiger partial charge in [-0.05, 0) is 47.9 Å². The number of aromatic amines is 1. The number of hydrogen-bond donors (Lipinski definition) is 1. The van der Waals surface area contributed by atoms with E-state index in [0.29, 0.717) is 5.82 Å². The molecule has 0 amide bonds. The molecule has 0 saturated carbocycles. The van der Waals surface area contributed by atoms with Crippen molar-refractivity contribution in [2.75, 3.05) is 5.75 Å². The van der Waals surface area contributed by atoms with Crippen LogP contribution >= 0.6 is 0 Å². The van der Waals surface area contributed by atoms with Gasteiger partial charge in [0, 0.05) is 0 Å². The average Bonchev–Trinajstić information content (AvgIpc) is 3.17. The molecule has 0 spiro atoms. The molecule has 0 aliphatic heterocycles. The van der Waals surface area contributed by atoms with E-state index in [1.54, 1.807) is 0 Å². The fraction of sp³-hybridized carbons (Fsp3) is 0.130. The molecule has 2 atom stereocenters. The van der Waals surface area contributed by atoms with Crippen LogP contribution < -0.4 is 0 Å². The summed E-state index contributed by atoms with van der Waals surface area (Å²) in [5, 5.41) is 0. The first-order chi connectivity index (χ1) is 13.6. The Bertz CT molecular complexity index is 1060. The number of carbonyl (C=O) groups excluding carboxylic acids is 1. The van der Waals surface area contributed by atoms with Gasteiger partial charge in [-0.15, -0.1) is 0 Å². The topological polar surface area (TPSA) is 68.8 Å². The van der Waals surface area contributed by atoms with Crippen LogP contribution in [0.1, 0.15) is 27.7 Å². The number of fused-ring (bicyclic) bond motifs is 1. The maximum atomic E-state index is 13.3. The minimum atomic E-state index is -1.30. The van der Waals surface area contributed by atoms with Gasteiger partial charge in [-0.3, -0.25) is 4.79 Å². The molecule has 28 heavy (non-hydrogen) atoms. The lowest BCUT2D eigenvalue weighted by Crippen LogP contribution is -2.23. The largest absolute Gasteiger partial charge is 0.611 e. The predicted molar refractivity (Wildman–Crippen MR) is 112 cm³/mol. The molecule has 2 unspecified atom stereocenters. The number of nitrogens with one attached hydrogen (secondary N) is 1. The van der Waals surface area contributed by atoms with Crippen LogP contribution in [0, 0.1) is 6.92 Å². The summed E-state index contributed by atoms with van der Waals surface area (Å²) in [6.07, 6.45) is 0. The Kier molecular flexibility index (Phi) is 5.28. The van der Waals surface area contributed by atoms with Gasteiger partial charge in [0.25, 0.3) is 0 Å². The number of hydrogen-bond acceptors (Lipinski definition) is 3. The van der Waals surface area contributed by atoms with E-state index in [1.807, 2.05) is 85.8 Å². The number of aromatic nitrogens is 2. The van der Waals surface area contributed by atoms with Crippen molar-refractivity contribution in [3.05, 3.63) is 95.8 Å². The van der Waals surface area contributed by atoms with Gasteiger partial charge < -0.3 is 9.54 Å². The summed E-state index contributed by atoms with van der Waals surface area (Å²) >= 11 is -1.30. The fourth-order valence-electron chi connectivity index (χ4n) is 3.18. The van der Waals surface area contributed by atoms with E-state index in [4.69, 9.17) is 0 Å². The zero-order chi connectivity index (χ0) is 19.5. The molecule has 0 radical (unpaired) electrons. The molecule has 1 heterocycles. The van der Waals surface area contributed by atoms with Gasteiger partial charge in [0.15, 0.2) is 10.7 Å². The minimum Gasteiger partial charge on any atom is -0.611 e. The molecule has 0 bridgehead atoms. The zero-order valence-electron chi connectivity index (χ0n) is 15.5. The molecule has 140 valence electrons. The second-order valence-corrected chi connectivity index (χ2v) is 8.25. The molecule has 4 nitrogen and oxygen atoms in total. The van der Waals surface area contributed by atoms with Crippen LogP contribution in [0.4, 0.5) is 0 Å². The Labute approximate surface area is 166 Å². The van der Waals surface area contributed by atoms with Crippen molar-refractivity contribution >= 4 is 28.0 Å². The Hall–Kier alpha value is -2.89. The van der Waals surface area contributed by atoms with Gasteiger partial charge >= 0.3 is 0 Å². The number of ketones is 1. The third-order valence-corrected chi connectivity index (χ3v) is 6.18. The number of nitrogens with zero attached hydrogens (tertiary/aromatic N) is 1. The molecule has 5 heteroatoms. The van der Waals surface area contributed by atoms with Gasteiger partial charge in [-0.2, -0.15) is 0 Å². The Morgan fingerprint density at radius 1 is 1.00 bits per heavy atom. The summed E-state index contributed by atoms with van der Waals surface area (Å²) in [5.74, 6) is -0.175. The molecule has 0 fully saturated rings. The molecule has 0 aliphatic rings. The van der Waals surface area contributed by atoms with E-state index >= 15 is 0 Å². The van der Waals surface area contributed by atoms with Crippen LogP contribution in [0.15, 0.2) is 83.8 Å². The quantitative estimate of drug-likeness (QED) is 0.386. The van der Waals surface area contributed by atoms with Crippen LogP contribution in [0.25, 0.3) is 11.0 Å². The van der Waals surface area contributed by atoms with Crippen LogP contribution in [0.3, 0.4) is 0 Å². The number of H-pyrrole nitrogens is 1. The van der Waals surface area contributed by atoms with Gasteiger partial charge in [0.1, 0.15) is 5.75 Å². The van der Waals surface area contributed by atoms with Crippen LogP contribution in [0.5, 0.6) is 0 Å². The summed E-state index contributed by atoms with van der Waals surface area (Å²) in [6, 6.07) is 24.6. The molecular weight excluding hydrogens is 368 g/mol. The van der Waals surface area contributed by atoms with Gasteiger partial charge in [-0.25, -0.2) is 4.98 Å². The van der Waals surface area contributed by atoms with E-state index in [9.17, 15) is 9.35 Å². The highest BCUT2D eigenvalue weighted by Gasteiger charge is 2.30. The molecular formula is C23H20N2O2S. The van der Waals surface area contributed by atoms with Crippen molar-refractivity contribution in [2.45, 2.75) is 17.7 Å². The first-order valence-corrected chi connectivity index (χ1v) is 10.4. The molecule has 4 rings (SSSR count). The molecule has 4 aromatic rings. The SMILES string of the molecule is Cc1ccc([S+]([O-])CC(C(=O)c2nc3ccccc3[nH]2)c2ccccc2)cc1. The predicted octanol–water partition coefficient (Wildman–Crippen LogP) is 4.65. The van der Waals surface area contributed by atoms with E-state index in [-0.39, 0.29) is 11.5 Å². The molecule has 0 aliphatic carbocycles. The average molecular weight is 388 g/mol. The first kappa shape index (κ1) is 18.5. The smallest absolute Gasteiger partial charge is 0.210 e. The van der Waals surface area contributed by atoms with Crippen LogP contribution in [0.2, 0.25) is 0 Å². The maximum Gasteiger partial charge on any atom is 0.210 e. The van der Waals surface area contributed by atoms with Gasteiger partial charge in [-0.1, -0.05) is 60.2 Å². The van der Waals surface area contributed by atoms with Gasteiger partial charge in [0.2, 0.25) is 5.78 Å². The summed E-state index contributed by atoms with van der Waals surface area (Å²) < 4.78 is 13.0. The Morgan fingerprint density at radius 3 is 2.39 bits per heavy atom. The highest BCUT2D eigenvalue weighted by Crippen LogP contribution is 2.26. The van der Waals surface area contributed by atoms with Crippen LogP contribution in [-0.4, -0.2) is 26.1 Å². The summed E-state index contributed by atoms with van der Waals surface area (Å²) in [6.45, 7) is 1.99. The Balaban J connectivity index is 1.67. The van der Waals surface area contributed by atoms with E-state index in [0.717, 1.165) is 27.1 Å². The van der Waals surface area contributed by atoms with Crippen molar-refractivity contribution in [2.24, 2.45) is 0 Å². The number of aryl methyl sites for hydroxylation is 1. The van der Waals surface area contributed by atoms with Crippen molar-refractivity contribution < 1.29 is 9.35 Å². The van der Waals surface area contributed by atoms with E-state index in [1.165, 1.54) is 0 Å². The third-order valence-electron chi connectivity index (χ3n) is 4.74. The zero-order valence-corrected chi connectivity index (χ0v) is 16.3. The number of carbonyl (C=O) groups is 1. The highest BCUT2D eigenvalue weighted by atomic mass is 32.2. The number of rotatable bonds is 6. The normalized spacial score (nSPS) is 13.4. The van der Waals surface area contributed by atoms with Crippen molar-refractivity contribution in [3.8, 4) is 0 Å². The number of benzene rings is 3. The highest BCUT2D eigenvalue weighted by molar-refractivity contribution is 7.91. The van der Waals surface area contributed by atoms with Gasteiger partial charge in [0.05, 0.1) is 17.0 Å². The molecule has 1 aromatic heterocycles. The molecule has 0 saturated heterocycles. The molecule has 3 aromatic carbocycles. The van der Waals surface area contributed by atoms with E-state index < -0.39 is 17.1 Å². The lowest BCUT2D eigenvalue weighted by molar-refractivity contribution is 0.0958. The molecule has 1 N–H and O–H groups in total. The number of Topliss-reactive ketones (excluding diaryl/α,β-unsaturated/α-hetero) is 1. The monoisotopic (exact) mass is 388 g/mol. The Morgan fingerprint density at radius 2 is 1.68 bits per heavy atom. The fourth-order valence-corrected chi connectivity index (χ4v) is 4.46. The van der Waals surface area contributed by atoms with E-state index in [2.05, 4.69) is 9.97 Å². The second-order valence-electron chi connectivity index (χ2n) is 6.76. The lowest BCUT2D eigenvalue weighted by Gasteiger charge is -2.18. The summed E-state index contributed by atoms with van der Waals surface area (Å²) in [5.41, 5.74) is 3.52. The minimum absolute atomic E-state index is 0.150. The van der Waals surface area contributed by atoms with Crippen molar-refractivity contribution in [3.63, 3.8) is 0 Å². The summed E-state index contributed by atoms with van der Waals surface area (Å²) in [4.78, 5) is 21.6. The first-order valence-electron chi connectivity index (χ1n) is 9.11. The lowest BCUT2D eigenvalue weighted by atomic mass is 9.96. The second kappa shape index (κ2) is 8.00. The van der Waals surface area contributed by atoms with Crippen molar-refractivity contribution in [1.29, 1.82) is 0 Å². The summed E-state index contributed by atoms with van der Waals surface area (Å²) in [7, 11) is 0. The van der Waals surface area contributed by atoms with Crippen molar-refractivity contribution in [1.82, 2.24) is 9.97 Å². The number of para-hydroxylation sites is 2. The maximum absolute atomic E-state index is 13.3. The number of imidazole rings is 1. The third kappa shape index (κ3) is 3.86. The van der Waals surface area contributed by atoms with Crippen LogP contribution in [-0.2, 0) is 11.2 Å². The standard InChI is InChI=1S/C23H20N2O2S/c1-16-11-13-18(14-12-16)28(27)15-19(17-7-3-2-4-8-17)22(26)23-24-20-9-5-6-10-21(20)25-23/h2-14,19H,15H2,1H3,(H,24,25).